The van der Waals surface area contributed by atoms with Gasteiger partial charge in [-0.2, -0.15) is 0 Å². The van der Waals surface area contributed by atoms with E-state index in [0.717, 1.165) is 25.9 Å². The summed E-state index contributed by atoms with van der Waals surface area (Å²) in [5, 5.41) is 11.9. The zero-order chi connectivity index (χ0) is 13.4. The van der Waals surface area contributed by atoms with Crippen LogP contribution in [0.4, 0.5) is 0 Å². The molecule has 2 N–H and O–H groups in total. The van der Waals surface area contributed by atoms with Crippen molar-refractivity contribution in [3.8, 4) is 0 Å². The Morgan fingerprint density at radius 2 is 1.89 bits per heavy atom. The molecule has 4 atom stereocenters. The third-order valence-electron chi connectivity index (χ3n) is 4.52. The standard InChI is InChI=1S/C13H20N2O4/c16-12(10-3-4-11(19-10)13(17)18)14-8-5-7-15-6-1-2-9(8)15/h8-11H,1-7H2,(H,14,16)(H,17,18). The van der Waals surface area contributed by atoms with Gasteiger partial charge in [0, 0.05) is 18.6 Å². The highest BCUT2D eigenvalue weighted by Crippen LogP contribution is 2.28. The minimum atomic E-state index is -0.974. The average molecular weight is 268 g/mol. The molecule has 0 spiro atoms. The number of carboxylic acids is 1. The van der Waals surface area contributed by atoms with E-state index < -0.39 is 18.2 Å². The van der Waals surface area contributed by atoms with Crippen LogP contribution in [0.5, 0.6) is 0 Å². The Hall–Kier alpha value is -1.14. The highest BCUT2D eigenvalue weighted by molar-refractivity contribution is 5.83. The molecule has 19 heavy (non-hydrogen) atoms. The molecule has 1 amide bonds. The quantitative estimate of drug-likeness (QED) is 0.751. The van der Waals surface area contributed by atoms with E-state index >= 15 is 0 Å². The first-order chi connectivity index (χ1) is 9.15. The molecule has 0 radical (unpaired) electrons. The Morgan fingerprint density at radius 1 is 1.11 bits per heavy atom. The Kier molecular flexibility index (Phi) is 3.45. The largest absolute Gasteiger partial charge is 0.479 e. The lowest BCUT2D eigenvalue weighted by Gasteiger charge is -2.22. The molecule has 3 rings (SSSR count). The first-order valence-electron chi connectivity index (χ1n) is 7.08. The van der Waals surface area contributed by atoms with Crippen LogP contribution in [0.3, 0.4) is 0 Å². The van der Waals surface area contributed by atoms with Crippen molar-refractivity contribution in [1.29, 1.82) is 0 Å². The summed E-state index contributed by atoms with van der Waals surface area (Å²) in [6.07, 6.45) is 2.87. The first kappa shape index (κ1) is 12.9. The molecule has 106 valence electrons. The van der Waals surface area contributed by atoms with Crippen molar-refractivity contribution in [2.75, 3.05) is 13.1 Å². The van der Waals surface area contributed by atoms with Gasteiger partial charge in [-0.3, -0.25) is 9.69 Å². The summed E-state index contributed by atoms with van der Waals surface area (Å²) in [5.41, 5.74) is 0. The summed E-state index contributed by atoms with van der Waals surface area (Å²) in [6.45, 7) is 2.19. The SMILES string of the molecule is O=C(O)C1CCC(C(=O)NC2CCN3CCCC23)O1. The zero-order valence-electron chi connectivity index (χ0n) is 10.9. The predicted molar refractivity (Wildman–Crippen MR) is 66.7 cm³/mol. The van der Waals surface area contributed by atoms with Gasteiger partial charge >= 0.3 is 5.97 Å². The van der Waals surface area contributed by atoms with Crippen molar-refractivity contribution in [2.45, 2.75) is 56.4 Å². The van der Waals surface area contributed by atoms with Gasteiger partial charge in [0.15, 0.2) is 6.10 Å². The molecular formula is C13H20N2O4. The number of fused-ring (bicyclic) bond motifs is 1. The number of aliphatic carboxylic acids is 1. The molecule has 4 unspecified atom stereocenters. The number of ether oxygens (including phenoxy) is 1. The Morgan fingerprint density at radius 3 is 2.63 bits per heavy atom. The summed E-state index contributed by atoms with van der Waals surface area (Å²) in [6, 6.07) is 0.683. The normalized spacial score (nSPS) is 38.3. The van der Waals surface area contributed by atoms with Crippen molar-refractivity contribution in [3.63, 3.8) is 0 Å². The molecule has 6 heteroatoms. The van der Waals surface area contributed by atoms with E-state index in [1.165, 1.54) is 6.42 Å². The lowest BCUT2D eigenvalue weighted by atomic mass is 10.1. The molecule has 3 heterocycles. The minimum Gasteiger partial charge on any atom is -0.479 e. The maximum atomic E-state index is 12.1. The van der Waals surface area contributed by atoms with Crippen LogP contribution in [0, 0.1) is 0 Å². The van der Waals surface area contributed by atoms with Crippen LogP contribution in [0.15, 0.2) is 0 Å². The number of amides is 1. The zero-order valence-corrected chi connectivity index (χ0v) is 10.9. The highest BCUT2D eigenvalue weighted by Gasteiger charge is 2.40. The number of nitrogens with one attached hydrogen (secondary N) is 1. The van der Waals surface area contributed by atoms with Gasteiger partial charge in [-0.15, -0.1) is 0 Å². The molecule has 0 aromatic carbocycles. The second-order valence-electron chi connectivity index (χ2n) is 5.68. The fraction of sp³-hybridized carbons (Fsp3) is 0.846. The van der Waals surface area contributed by atoms with Gasteiger partial charge in [0.05, 0.1) is 0 Å². The molecule has 0 aromatic heterocycles. The van der Waals surface area contributed by atoms with Crippen LogP contribution in [0.2, 0.25) is 0 Å². The Labute approximate surface area is 112 Å². The number of nitrogens with zero attached hydrogens (tertiary/aromatic N) is 1. The topological polar surface area (TPSA) is 78.9 Å². The van der Waals surface area contributed by atoms with E-state index in [2.05, 4.69) is 10.2 Å². The van der Waals surface area contributed by atoms with Crippen molar-refractivity contribution >= 4 is 11.9 Å². The predicted octanol–water partition coefficient (Wildman–Crippen LogP) is -0.0285. The van der Waals surface area contributed by atoms with Crippen LogP contribution in [-0.2, 0) is 14.3 Å². The number of rotatable bonds is 3. The van der Waals surface area contributed by atoms with Crippen molar-refractivity contribution in [1.82, 2.24) is 10.2 Å². The van der Waals surface area contributed by atoms with Crippen LogP contribution in [-0.4, -0.2) is 59.3 Å². The Bertz CT molecular complexity index is 387. The van der Waals surface area contributed by atoms with Crippen LogP contribution < -0.4 is 5.32 Å². The van der Waals surface area contributed by atoms with Gasteiger partial charge in [-0.25, -0.2) is 4.79 Å². The maximum Gasteiger partial charge on any atom is 0.332 e. The van der Waals surface area contributed by atoms with E-state index in [1.807, 2.05) is 0 Å². The van der Waals surface area contributed by atoms with Crippen LogP contribution in [0.1, 0.15) is 32.1 Å². The lowest BCUT2D eigenvalue weighted by molar-refractivity contribution is -0.151. The molecule has 3 aliphatic rings. The molecule has 3 fully saturated rings. The third-order valence-corrected chi connectivity index (χ3v) is 4.52. The summed E-state index contributed by atoms with van der Waals surface area (Å²) in [7, 11) is 0. The molecule has 3 saturated heterocycles. The summed E-state index contributed by atoms with van der Waals surface area (Å²) in [5.74, 6) is -1.11. The average Bonchev–Trinajstić information content (AvgIpc) is 3.05. The molecule has 0 saturated carbocycles. The van der Waals surface area contributed by atoms with E-state index in [-0.39, 0.29) is 11.9 Å². The smallest absolute Gasteiger partial charge is 0.332 e. The monoisotopic (exact) mass is 268 g/mol. The second-order valence-corrected chi connectivity index (χ2v) is 5.68. The van der Waals surface area contributed by atoms with Gasteiger partial charge in [0.2, 0.25) is 5.91 Å². The molecule has 0 aliphatic carbocycles. The van der Waals surface area contributed by atoms with Gasteiger partial charge in [-0.1, -0.05) is 0 Å². The van der Waals surface area contributed by atoms with Gasteiger partial charge in [-0.05, 0) is 38.6 Å². The van der Waals surface area contributed by atoms with Crippen molar-refractivity contribution in [3.05, 3.63) is 0 Å². The van der Waals surface area contributed by atoms with Gasteiger partial charge in [0.25, 0.3) is 0 Å². The van der Waals surface area contributed by atoms with Crippen molar-refractivity contribution < 1.29 is 19.4 Å². The van der Waals surface area contributed by atoms with E-state index in [4.69, 9.17) is 9.84 Å². The number of hydrogen-bond donors (Lipinski definition) is 2. The summed E-state index contributed by atoms with van der Waals surface area (Å²) < 4.78 is 5.28. The molecule has 3 aliphatic heterocycles. The number of carbonyl (C=O) groups excluding carboxylic acids is 1. The number of carbonyl (C=O) groups is 2. The van der Waals surface area contributed by atoms with Gasteiger partial charge < -0.3 is 15.2 Å². The summed E-state index contributed by atoms with van der Waals surface area (Å²) >= 11 is 0. The molecule has 6 nitrogen and oxygen atoms in total. The fourth-order valence-corrected chi connectivity index (χ4v) is 3.54. The minimum absolute atomic E-state index is 0.137. The van der Waals surface area contributed by atoms with E-state index in [1.54, 1.807) is 0 Å². The second kappa shape index (κ2) is 5.09. The third kappa shape index (κ3) is 2.47. The molecular weight excluding hydrogens is 248 g/mol. The van der Waals surface area contributed by atoms with Gasteiger partial charge in [0.1, 0.15) is 6.10 Å². The van der Waals surface area contributed by atoms with Crippen molar-refractivity contribution in [2.24, 2.45) is 0 Å². The number of carboxylic acid groups (broad SMARTS) is 1. The molecule has 0 bridgehead atoms. The Balaban J connectivity index is 1.53. The van der Waals surface area contributed by atoms with E-state index in [0.29, 0.717) is 18.9 Å². The summed E-state index contributed by atoms with van der Waals surface area (Å²) in [4.78, 5) is 25.3. The van der Waals surface area contributed by atoms with E-state index in [9.17, 15) is 9.59 Å². The maximum absolute atomic E-state index is 12.1. The highest BCUT2D eigenvalue weighted by atomic mass is 16.5. The number of hydrogen-bond acceptors (Lipinski definition) is 4. The van der Waals surface area contributed by atoms with Crippen LogP contribution in [0.25, 0.3) is 0 Å². The first-order valence-corrected chi connectivity index (χ1v) is 7.08. The lowest BCUT2D eigenvalue weighted by Crippen LogP contribution is -2.46. The molecule has 0 aromatic rings. The van der Waals surface area contributed by atoms with Crippen LogP contribution >= 0.6 is 0 Å². The fourth-order valence-electron chi connectivity index (χ4n) is 3.54.